The molecule has 0 fully saturated rings. The molecule has 0 saturated heterocycles. The number of carbonyl (C=O) groups is 2. The summed E-state index contributed by atoms with van der Waals surface area (Å²) in [6.45, 7) is 6.04. The fourth-order valence-electron chi connectivity index (χ4n) is 3.09. The molecule has 2 N–H and O–H groups in total. The number of aryl methyl sites for hydroxylation is 3. The highest BCUT2D eigenvalue weighted by Gasteiger charge is 2.13. The van der Waals surface area contributed by atoms with E-state index in [1.165, 1.54) is 4.90 Å². The Kier molecular flexibility index (Phi) is 6.59. The van der Waals surface area contributed by atoms with Crippen LogP contribution in [0.1, 0.15) is 43.5 Å². The van der Waals surface area contributed by atoms with Gasteiger partial charge in [0.2, 0.25) is 0 Å². The number of pyridine rings is 1. The van der Waals surface area contributed by atoms with Gasteiger partial charge in [0, 0.05) is 48.9 Å². The Morgan fingerprint density at radius 3 is 2.42 bits per heavy atom. The number of hydrogen-bond acceptors (Lipinski definition) is 6. The monoisotopic (exact) mass is 418 g/mol. The van der Waals surface area contributed by atoms with Crippen LogP contribution in [0.2, 0.25) is 0 Å². The predicted molar refractivity (Wildman–Crippen MR) is 120 cm³/mol. The van der Waals surface area contributed by atoms with Gasteiger partial charge in [-0.05, 0) is 56.7 Å². The van der Waals surface area contributed by atoms with Crippen molar-refractivity contribution in [3.63, 3.8) is 0 Å². The number of amides is 2. The Balaban J connectivity index is 1.69. The van der Waals surface area contributed by atoms with E-state index in [1.54, 1.807) is 50.6 Å². The summed E-state index contributed by atoms with van der Waals surface area (Å²) in [4.78, 5) is 39.3. The van der Waals surface area contributed by atoms with Crippen molar-refractivity contribution < 1.29 is 9.59 Å². The summed E-state index contributed by atoms with van der Waals surface area (Å²) in [6.07, 6.45) is 1.61. The molecule has 0 spiro atoms. The van der Waals surface area contributed by atoms with E-state index >= 15 is 0 Å². The van der Waals surface area contributed by atoms with E-state index in [9.17, 15) is 9.59 Å². The lowest BCUT2D eigenvalue weighted by Crippen LogP contribution is -2.22. The number of hydrogen-bond donors (Lipinski definition) is 2. The molecule has 0 aliphatic carbocycles. The Bertz CT molecular complexity index is 1110. The van der Waals surface area contributed by atoms with Gasteiger partial charge in [-0.3, -0.25) is 14.6 Å². The van der Waals surface area contributed by atoms with Gasteiger partial charge in [-0.15, -0.1) is 0 Å². The molecule has 31 heavy (non-hydrogen) atoms. The largest absolute Gasteiger partial charge is 0.364 e. The van der Waals surface area contributed by atoms with Crippen LogP contribution in [0, 0.1) is 20.8 Å². The van der Waals surface area contributed by atoms with Gasteiger partial charge >= 0.3 is 0 Å². The molecular formula is C23H26N6O2. The molecule has 8 nitrogen and oxygen atoms in total. The second-order valence-corrected chi connectivity index (χ2v) is 7.51. The topological polar surface area (TPSA) is 100 Å². The standard InChI is InChI=1S/C23H26N6O2/c1-14-10-18(23(31)29(4)5)6-7-20(14)28-22(30)17-8-9-24-19(12-17)13-25-21-11-15(2)26-16(3)27-21/h6-12H,13H2,1-5H3,(H,28,30)(H,25,26,27). The molecule has 2 aromatic heterocycles. The molecule has 0 aliphatic heterocycles. The first-order chi connectivity index (χ1) is 14.7. The van der Waals surface area contributed by atoms with Gasteiger partial charge in [-0.2, -0.15) is 0 Å². The number of aromatic nitrogens is 3. The van der Waals surface area contributed by atoms with Crippen molar-refractivity contribution in [2.75, 3.05) is 24.7 Å². The van der Waals surface area contributed by atoms with Crippen LogP contribution in [-0.4, -0.2) is 45.8 Å². The van der Waals surface area contributed by atoms with Crippen molar-refractivity contribution in [1.29, 1.82) is 0 Å². The SMILES string of the molecule is Cc1cc(NCc2cc(C(=O)Nc3ccc(C(=O)N(C)C)cc3C)ccn2)nc(C)n1. The van der Waals surface area contributed by atoms with E-state index in [-0.39, 0.29) is 11.8 Å². The second kappa shape index (κ2) is 9.34. The van der Waals surface area contributed by atoms with Gasteiger partial charge in [-0.1, -0.05) is 0 Å². The average molecular weight is 419 g/mol. The van der Waals surface area contributed by atoms with E-state index in [0.717, 1.165) is 11.3 Å². The van der Waals surface area contributed by atoms with Crippen LogP contribution in [0.3, 0.4) is 0 Å². The molecule has 0 atom stereocenters. The van der Waals surface area contributed by atoms with Crippen molar-refractivity contribution >= 4 is 23.3 Å². The third-order valence-electron chi connectivity index (χ3n) is 4.62. The molecule has 8 heteroatoms. The fraction of sp³-hybridized carbons (Fsp3) is 0.261. The zero-order valence-corrected chi connectivity index (χ0v) is 18.4. The number of nitrogens with one attached hydrogen (secondary N) is 2. The summed E-state index contributed by atoms with van der Waals surface area (Å²) >= 11 is 0. The molecule has 3 rings (SSSR count). The smallest absolute Gasteiger partial charge is 0.255 e. The van der Waals surface area contributed by atoms with Crippen molar-refractivity contribution in [3.8, 4) is 0 Å². The first kappa shape index (κ1) is 21.9. The van der Waals surface area contributed by atoms with E-state index in [2.05, 4.69) is 25.6 Å². The summed E-state index contributed by atoms with van der Waals surface area (Å²) < 4.78 is 0. The minimum Gasteiger partial charge on any atom is -0.364 e. The van der Waals surface area contributed by atoms with Crippen LogP contribution in [0.4, 0.5) is 11.5 Å². The number of nitrogens with zero attached hydrogens (tertiary/aromatic N) is 4. The minimum absolute atomic E-state index is 0.0821. The summed E-state index contributed by atoms with van der Waals surface area (Å²) in [5, 5.41) is 6.12. The Hall–Kier alpha value is -3.81. The third kappa shape index (κ3) is 5.63. The summed E-state index contributed by atoms with van der Waals surface area (Å²) in [5.74, 6) is 1.08. The highest BCUT2D eigenvalue weighted by atomic mass is 16.2. The van der Waals surface area contributed by atoms with Crippen molar-refractivity contribution in [1.82, 2.24) is 19.9 Å². The number of carbonyl (C=O) groups excluding carboxylic acids is 2. The zero-order valence-electron chi connectivity index (χ0n) is 18.4. The van der Waals surface area contributed by atoms with E-state index < -0.39 is 0 Å². The van der Waals surface area contributed by atoms with Crippen LogP contribution in [0.25, 0.3) is 0 Å². The van der Waals surface area contributed by atoms with Crippen LogP contribution in [0.15, 0.2) is 42.6 Å². The first-order valence-electron chi connectivity index (χ1n) is 9.87. The zero-order chi connectivity index (χ0) is 22.5. The Morgan fingerprint density at radius 1 is 0.968 bits per heavy atom. The molecule has 2 heterocycles. The van der Waals surface area contributed by atoms with Gasteiger partial charge in [-0.25, -0.2) is 9.97 Å². The molecule has 0 aliphatic rings. The van der Waals surface area contributed by atoms with E-state index in [0.29, 0.717) is 40.7 Å². The molecule has 1 aromatic carbocycles. The summed E-state index contributed by atoms with van der Waals surface area (Å²) in [6, 6.07) is 10.5. The first-order valence-corrected chi connectivity index (χ1v) is 9.87. The van der Waals surface area contributed by atoms with Crippen molar-refractivity contribution in [2.45, 2.75) is 27.3 Å². The number of anilines is 2. The molecule has 2 amide bonds. The molecule has 160 valence electrons. The van der Waals surface area contributed by atoms with Crippen LogP contribution in [-0.2, 0) is 6.54 Å². The fourth-order valence-corrected chi connectivity index (χ4v) is 3.09. The maximum Gasteiger partial charge on any atom is 0.255 e. The number of benzene rings is 1. The molecule has 0 bridgehead atoms. The highest BCUT2D eigenvalue weighted by Crippen LogP contribution is 2.19. The van der Waals surface area contributed by atoms with Crippen LogP contribution >= 0.6 is 0 Å². The maximum atomic E-state index is 12.8. The van der Waals surface area contributed by atoms with Crippen LogP contribution in [0.5, 0.6) is 0 Å². The van der Waals surface area contributed by atoms with Crippen molar-refractivity contribution in [2.24, 2.45) is 0 Å². The normalized spacial score (nSPS) is 10.5. The Labute approximate surface area is 181 Å². The van der Waals surface area contributed by atoms with Gasteiger partial charge in [0.05, 0.1) is 12.2 Å². The lowest BCUT2D eigenvalue weighted by molar-refractivity contribution is 0.0827. The van der Waals surface area contributed by atoms with Crippen molar-refractivity contribution in [3.05, 3.63) is 76.5 Å². The van der Waals surface area contributed by atoms with E-state index in [1.807, 2.05) is 26.8 Å². The average Bonchev–Trinajstić information content (AvgIpc) is 2.72. The molecule has 0 saturated carbocycles. The predicted octanol–water partition coefficient (Wildman–Crippen LogP) is 3.36. The summed E-state index contributed by atoms with van der Waals surface area (Å²) in [5.41, 5.74) is 4.13. The quantitative estimate of drug-likeness (QED) is 0.637. The van der Waals surface area contributed by atoms with Gasteiger partial charge in [0.1, 0.15) is 11.6 Å². The maximum absolute atomic E-state index is 12.8. The Morgan fingerprint density at radius 2 is 1.74 bits per heavy atom. The van der Waals surface area contributed by atoms with Gasteiger partial charge in [0.25, 0.3) is 11.8 Å². The molecule has 3 aromatic rings. The third-order valence-corrected chi connectivity index (χ3v) is 4.62. The van der Waals surface area contributed by atoms with Crippen LogP contribution < -0.4 is 10.6 Å². The highest BCUT2D eigenvalue weighted by molar-refractivity contribution is 6.05. The van der Waals surface area contributed by atoms with E-state index in [4.69, 9.17) is 0 Å². The molecule has 0 radical (unpaired) electrons. The second-order valence-electron chi connectivity index (χ2n) is 7.51. The van der Waals surface area contributed by atoms with Gasteiger partial charge in [0.15, 0.2) is 0 Å². The molecular weight excluding hydrogens is 392 g/mol. The minimum atomic E-state index is -0.243. The molecule has 0 unspecified atom stereocenters. The lowest BCUT2D eigenvalue weighted by atomic mass is 10.1. The number of rotatable bonds is 6. The lowest BCUT2D eigenvalue weighted by Gasteiger charge is -2.13. The summed E-state index contributed by atoms with van der Waals surface area (Å²) in [7, 11) is 3.41. The van der Waals surface area contributed by atoms with Gasteiger partial charge < -0.3 is 15.5 Å².